The molecule has 0 bridgehead atoms. The summed E-state index contributed by atoms with van der Waals surface area (Å²) in [5.41, 5.74) is 6.22. The molecule has 114 valence electrons. The molecule has 0 saturated carbocycles. The van der Waals surface area contributed by atoms with E-state index in [1.807, 2.05) is 6.92 Å². The van der Waals surface area contributed by atoms with Crippen LogP contribution in [0.25, 0.3) is 0 Å². The highest BCUT2D eigenvalue weighted by Gasteiger charge is 2.23. The Hall–Kier alpha value is -1.07. The summed E-state index contributed by atoms with van der Waals surface area (Å²) in [6.45, 7) is 10.8. The zero-order valence-corrected chi connectivity index (χ0v) is 13.6. The van der Waals surface area contributed by atoms with Crippen molar-refractivity contribution in [2.24, 2.45) is 11.1 Å². The topological polar surface area (TPSA) is 64.2 Å². The molecule has 1 heterocycles. The van der Waals surface area contributed by atoms with Gasteiger partial charge in [0, 0.05) is 19.6 Å². The number of aryl methyl sites for hydroxylation is 1. The van der Waals surface area contributed by atoms with Gasteiger partial charge in [0.05, 0.1) is 11.9 Å². The average molecular weight is 301 g/mol. The first kappa shape index (κ1) is 17.0. The molecule has 0 aromatic carbocycles. The Kier molecular flexibility index (Phi) is 6.02. The van der Waals surface area contributed by atoms with Crippen molar-refractivity contribution in [1.82, 2.24) is 9.78 Å². The second kappa shape index (κ2) is 7.09. The fourth-order valence-electron chi connectivity index (χ4n) is 2.04. The molecule has 1 rings (SSSR count). The number of anilines is 1. The van der Waals surface area contributed by atoms with Crippen LogP contribution in [0, 0.1) is 5.41 Å². The van der Waals surface area contributed by atoms with Crippen molar-refractivity contribution in [3.05, 3.63) is 21.6 Å². The largest absolute Gasteiger partial charge is 0.368 e. The van der Waals surface area contributed by atoms with Gasteiger partial charge in [-0.25, -0.2) is 4.68 Å². The van der Waals surface area contributed by atoms with Crippen LogP contribution < -0.4 is 16.2 Å². The third-order valence-electron chi connectivity index (χ3n) is 3.27. The SMILES string of the molecule is CCCN(CC(C)(C)CN)c1cnn(CC)c(=O)c1Cl. The predicted molar refractivity (Wildman–Crippen MR) is 84.5 cm³/mol. The third kappa shape index (κ3) is 3.96. The highest BCUT2D eigenvalue weighted by molar-refractivity contribution is 6.33. The third-order valence-corrected chi connectivity index (χ3v) is 3.63. The number of rotatable bonds is 7. The first-order chi connectivity index (χ1) is 9.36. The number of hydrogen-bond acceptors (Lipinski definition) is 4. The summed E-state index contributed by atoms with van der Waals surface area (Å²) < 4.78 is 1.37. The fraction of sp³-hybridized carbons (Fsp3) is 0.714. The zero-order valence-electron chi connectivity index (χ0n) is 12.8. The van der Waals surface area contributed by atoms with Crippen molar-refractivity contribution in [3.8, 4) is 0 Å². The van der Waals surface area contributed by atoms with Crippen LogP contribution in [0.5, 0.6) is 0 Å². The summed E-state index contributed by atoms with van der Waals surface area (Å²) in [6, 6.07) is 0. The maximum Gasteiger partial charge on any atom is 0.287 e. The van der Waals surface area contributed by atoms with E-state index < -0.39 is 0 Å². The van der Waals surface area contributed by atoms with E-state index in [4.69, 9.17) is 17.3 Å². The molecule has 0 atom stereocenters. The van der Waals surface area contributed by atoms with Crippen LogP contribution in [0.4, 0.5) is 5.69 Å². The number of nitrogens with two attached hydrogens (primary N) is 1. The molecule has 0 spiro atoms. The Morgan fingerprint density at radius 1 is 1.45 bits per heavy atom. The number of halogens is 1. The first-order valence-electron chi connectivity index (χ1n) is 7.07. The lowest BCUT2D eigenvalue weighted by molar-refractivity contribution is 0.377. The van der Waals surface area contributed by atoms with Crippen LogP contribution in [-0.4, -0.2) is 29.4 Å². The summed E-state index contributed by atoms with van der Waals surface area (Å²) in [5, 5.41) is 4.40. The van der Waals surface area contributed by atoms with Crippen LogP contribution in [0.15, 0.2) is 11.0 Å². The Bertz CT molecular complexity index is 498. The van der Waals surface area contributed by atoms with Crippen LogP contribution in [0.1, 0.15) is 34.1 Å². The highest BCUT2D eigenvalue weighted by Crippen LogP contribution is 2.25. The minimum absolute atomic E-state index is 0.0435. The average Bonchev–Trinajstić information content (AvgIpc) is 2.41. The second-order valence-electron chi connectivity index (χ2n) is 5.75. The molecular formula is C14H25ClN4O. The smallest absolute Gasteiger partial charge is 0.287 e. The standard InChI is InChI=1S/C14H25ClN4O/c1-5-7-18(10-14(3,4)9-16)11-8-17-19(6-2)13(20)12(11)15/h8H,5-7,9-10,16H2,1-4H3. The monoisotopic (exact) mass is 300 g/mol. The van der Waals surface area contributed by atoms with Gasteiger partial charge in [-0.1, -0.05) is 32.4 Å². The molecule has 0 aliphatic rings. The Morgan fingerprint density at radius 2 is 2.10 bits per heavy atom. The zero-order chi connectivity index (χ0) is 15.3. The van der Waals surface area contributed by atoms with Gasteiger partial charge < -0.3 is 10.6 Å². The summed E-state index contributed by atoms with van der Waals surface area (Å²) in [7, 11) is 0. The molecule has 0 amide bonds. The summed E-state index contributed by atoms with van der Waals surface area (Å²) >= 11 is 6.23. The summed E-state index contributed by atoms with van der Waals surface area (Å²) in [5.74, 6) is 0. The minimum atomic E-state index is -0.238. The molecule has 5 nitrogen and oxygen atoms in total. The van der Waals surface area contributed by atoms with Gasteiger partial charge in [-0.05, 0) is 25.3 Å². The van der Waals surface area contributed by atoms with Crippen molar-refractivity contribution in [1.29, 1.82) is 0 Å². The van der Waals surface area contributed by atoms with Crippen molar-refractivity contribution >= 4 is 17.3 Å². The number of aromatic nitrogens is 2. The van der Waals surface area contributed by atoms with E-state index in [-0.39, 0.29) is 16.0 Å². The Balaban J connectivity index is 3.16. The van der Waals surface area contributed by atoms with Crippen LogP contribution >= 0.6 is 11.6 Å². The van der Waals surface area contributed by atoms with Gasteiger partial charge in [0.25, 0.3) is 5.56 Å². The molecular weight excluding hydrogens is 276 g/mol. The second-order valence-corrected chi connectivity index (χ2v) is 6.13. The fourth-order valence-corrected chi connectivity index (χ4v) is 2.30. The van der Waals surface area contributed by atoms with Crippen LogP contribution in [0.2, 0.25) is 5.02 Å². The van der Waals surface area contributed by atoms with Gasteiger partial charge >= 0.3 is 0 Å². The van der Waals surface area contributed by atoms with Gasteiger partial charge in [-0.2, -0.15) is 5.10 Å². The van der Waals surface area contributed by atoms with E-state index in [2.05, 4.69) is 30.8 Å². The molecule has 0 aliphatic carbocycles. The maximum atomic E-state index is 12.1. The van der Waals surface area contributed by atoms with Crippen molar-refractivity contribution in [3.63, 3.8) is 0 Å². The number of hydrogen-bond donors (Lipinski definition) is 1. The number of nitrogens with zero attached hydrogens (tertiary/aromatic N) is 3. The van der Waals surface area contributed by atoms with Crippen molar-refractivity contribution in [2.45, 2.75) is 40.7 Å². The molecule has 0 unspecified atom stereocenters. The van der Waals surface area contributed by atoms with Crippen LogP contribution in [0.3, 0.4) is 0 Å². The summed E-state index contributed by atoms with van der Waals surface area (Å²) in [6.07, 6.45) is 2.64. The first-order valence-corrected chi connectivity index (χ1v) is 7.44. The van der Waals surface area contributed by atoms with Crippen LogP contribution in [-0.2, 0) is 6.54 Å². The minimum Gasteiger partial charge on any atom is -0.368 e. The summed E-state index contributed by atoms with van der Waals surface area (Å²) in [4.78, 5) is 14.2. The van der Waals surface area contributed by atoms with Gasteiger partial charge in [-0.15, -0.1) is 0 Å². The normalized spacial score (nSPS) is 11.7. The van der Waals surface area contributed by atoms with Crippen molar-refractivity contribution in [2.75, 3.05) is 24.5 Å². The van der Waals surface area contributed by atoms with E-state index in [9.17, 15) is 4.79 Å². The lowest BCUT2D eigenvalue weighted by Crippen LogP contribution is -2.40. The van der Waals surface area contributed by atoms with E-state index in [0.717, 1.165) is 19.5 Å². The van der Waals surface area contributed by atoms with E-state index in [1.54, 1.807) is 6.20 Å². The molecule has 6 heteroatoms. The lowest BCUT2D eigenvalue weighted by atomic mass is 9.93. The van der Waals surface area contributed by atoms with Gasteiger partial charge in [-0.3, -0.25) is 4.79 Å². The molecule has 0 fully saturated rings. The Morgan fingerprint density at radius 3 is 2.60 bits per heavy atom. The van der Waals surface area contributed by atoms with E-state index in [0.29, 0.717) is 18.8 Å². The van der Waals surface area contributed by atoms with Gasteiger partial charge in [0.1, 0.15) is 5.02 Å². The molecule has 0 aliphatic heterocycles. The molecule has 2 N–H and O–H groups in total. The molecule has 20 heavy (non-hydrogen) atoms. The van der Waals surface area contributed by atoms with E-state index >= 15 is 0 Å². The van der Waals surface area contributed by atoms with Gasteiger partial charge in [0.15, 0.2) is 0 Å². The molecule has 1 aromatic rings. The van der Waals surface area contributed by atoms with E-state index in [1.165, 1.54) is 4.68 Å². The molecule has 1 aromatic heterocycles. The quantitative estimate of drug-likeness (QED) is 0.838. The van der Waals surface area contributed by atoms with Crippen molar-refractivity contribution < 1.29 is 0 Å². The maximum absolute atomic E-state index is 12.1. The molecule has 0 radical (unpaired) electrons. The Labute approximate surface area is 125 Å². The lowest BCUT2D eigenvalue weighted by Gasteiger charge is -2.33. The predicted octanol–water partition coefficient (Wildman–Crippen LogP) is 2.12. The highest BCUT2D eigenvalue weighted by atomic mass is 35.5. The molecule has 0 saturated heterocycles. The van der Waals surface area contributed by atoms with Gasteiger partial charge in [0.2, 0.25) is 0 Å².